The van der Waals surface area contributed by atoms with Gasteiger partial charge in [0.1, 0.15) is 0 Å². The van der Waals surface area contributed by atoms with Crippen LogP contribution in [0, 0.1) is 0 Å². The van der Waals surface area contributed by atoms with Crippen LogP contribution < -0.4 is 0 Å². The molecule has 0 aromatic heterocycles. The van der Waals surface area contributed by atoms with Gasteiger partial charge in [-0.15, -0.1) is 0 Å². The normalized spacial score (nSPS) is 11.3. The van der Waals surface area contributed by atoms with E-state index in [1.54, 1.807) is 0 Å². The van der Waals surface area contributed by atoms with Gasteiger partial charge >= 0.3 is 5.97 Å². The van der Waals surface area contributed by atoms with Crippen LogP contribution in [-0.2, 0) is 32.4 Å². The average molecular weight is 348 g/mol. The van der Waals surface area contributed by atoms with Gasteiger partial charge in [-0.1, -0.05) is 42.5 Å². The van der Waals surface area contributed by atoms with Crippen molar-refractivity contribution >= 4 is 15.8 Å². The number of carbonyl (C=O) groups is 1. The van der Waals surface area contributed by atoms with E-state index in [1.807, 2.05) is 30.3 Å². The number of hydrogen-bond acceptors (Lipinski definition) is 4. The highest BCUT2D eigenvalue weighted by Gasteiger charge is 2.14. The van der Waals surface area contributed by atoms with Crippen molar-refractivity contribution in [1.82, 2.24) is 0 Å². The first-order valence-corrected chi connectivity index (χ1v) is 9.28. The maximum atomic E-state index is 12.2. The molecule has 0 radical (unpaired) electrons. The molecule has 0 spiro atoms. The third kappa shape index (κ3) is 5.79. The standard InChI is InChI=1S/C18H20O5S/c19-18(20)13-15-7-9-17(10-8-15)24(21,22)12-4-11-23-14-16-5-2-1-3-6-16/h1-3,5-10H,4,11-14H2,(H,19,20). The highest BCUT2D eigenvalue weighted by Crippen LogP contribution is 2.14. The van der Waals surface area contributed by atoms with E-state index in [9.17, 15) is 13.2 Å². The molecule has 0 heterocycles. The SMILES string of the molecule is O=C(O)Cc1ccc(S(=O)(=O)CCCOCc2ccccc2)cc1. The van der Waals surface area contributed by atoms with E-state index in [0.717, 1.165) is 5.56 Å². The number of aliphatic carboxylic acids is 1. The highest BCUT2D eigenvalue weighted by molar-refractivity contribution is 7.91. The fourth-order valence-electron chi connectivity index (χ4n) is 2.22. The van der Waals surface area contributed by atoms with E-state index >= 15 is 0 Å². The molecule has 0 saturated carbocycles. The van der Waals surface area contributed by atoms with Crippen LogP contribution >= 0.6 is 0 Å². The Morgan fingerprint density at radius 3 is 2.25 bits per heavy atom. The molecule has 2 rings (SSSR count). The van der Waals surface area contributed by atoms with E-state index in [4.69, 9.17) is 9.84 Å². The number of carboxylic acids is 1. The molecular formula is C18H20O5S. The minimum Gasteiger partial charge on any atom is -0.481 e. The summed E-state index contributed by atoms with van der Waals surface area (Å²) in [5.41, 5.74) is 1.63. The molecule has 2 aromatic carbocycles. The maximum absolute atomic E-state index is 12.2. The van der Waals surface area contributed by atoms with E-state index in [1.165, 1.54) is 24.3 Å². The van der Waals surface area contributed by atoms with Gasteiger partial charge in [-0.05, 0) is 29.7 Å². The third-order valence-corrected chi connectivity index (χ3v) is 5.27. The Morgan fingerprint density at radius 2 is 1.62 bits per heavy atom. The second-order valence-electron chi connectivity index (χ2n) is 5.43. The van der Waals surface area contributed by atoms with Crippen LogP contribution in [0.1, 0.15) is 17.5 Å². The molecule has 6 heteroatoms. The smallest absolute Gasteiger partial charge is 0.307 e. The summed E-state index contributed by atoms with van der Waals surface area (Å²) in [6.07, 6.45) is 0.291. The summed E-state index contributed by atoms with van der Waals surface area (Å²) in [5, 5.41) is 8.71. The first-order chi connectivity index (χ1) is 11.5. The topological polar surface area (TPSA) is 80.7 Å². The zero-order chi connectivity index (χ0) is 17.4. The van der Waals surface area contributed by atoms with Crippen LogP contribution in [-0.4, -0.2) is 31.9 Å². The van der Waals surface area contributed by atoms with Crippen molar-refractivity contribution in [3.8, 4) is 0 Å². The summed E-state index contributed by atoms with van der Waals surface area (Å²) >= 11 is 0. The molecule has 0 saturated heterocycles. The summed E-state index contributed by atoms with van der Waals surface area (Å²) < 4.78 is 29.9. The Balaban J connectivity index is 1.79. The number of ether oxygens (including phenoxy) is 1. The lowest BCUT2D eigenvalue weighted by atomic mass is 10.2. The molecule has 24 heavy (non-hydrogen) atoms. The maximum Gasteiger partial charge on any atom is 0.307 e. The minimum absolute atomic E-state index is 0.0000664. The fraction of sp³-hybridized carbons (Fsp3) is 0.278. The highest BCUT2D eigenvalue weighted by atomic mass is 32.2. The van der Waals surface area contributed by atoms with Crippen LogP contribution in [0.25, 0.3) is 0 Å². The molecule has 0 atom stereocenters. The summed E-state index contributed by atoms with van der Waals surface area (Å²) in [5.74, 6) is -0.943. The monoisotopic (exact) mass is 348 g/mol. The van der Waals surface area contributed by atoms with Crippen LogP contribution in [0.2, 0.25) is 0 Å². The van der Waals surface area contributed by atoms with E-state index in [0.29, 0.717) is 25.2 Å². The van der Waals surface area contributed by atoms with Gasteiger partial charge in [0.25, 0.3) is 0 Å². The van der Waals surface area contributed by atoms with Gasteiger partial charge in [-0.2, -0.15) is 0 Å². The van der Waals surface area contributed by atoms with Crippen LogP contribution in [0.15, 0.2) is 59.5 Å². The quantitative estimate of drug-likeness (QED) is 0.705. The fourth-order valence-corrected chi connectivity index (χ4v) is 3.51. The first kappa shape index (κ1) is 18.2. The number of benzene rings is 2. The Labute approximate surface area is 141 Å². The van der Waals surface area contributed by atoms with Crippen molar-refractivity contribution in [3.05, 3.63) is 65.7 Å². The predicted molar refractivity (Wildman–Crippen MR) is 90.5 cm³/mol. The molecule has 0 fully saturated rings. The van der Waals surface area contributed by atoms with Crippen molar-refractivity contribution in [2.45, 2.75) is 24.3 Å². The number of sulfone groups is 1. The molecule has 0 unspecified atom stereocenters. The van der Waals surface area contributed by atoms with Crippen LogP contribution in [0.4, 0.5) is 0 Å². The number of rotatable bonds is 9. The number of hydrogen-bond donors (Lipinski definition) is 1. The van der Waals surface area contributed by atoms with Crippen molar-refractivity contribution in [2.24, 2.45) is 0 Å². The first-order valence-electron chi connectivity index (χ1n) is 7.62. The molecule has 0 aliphatic carbocycles. The van der Waals surface area contributed by atoms with Gasteiger partial charge in [0.2, 0.25) is 0 Å². The van der Waals surface area contributed by atoms with Gasteiger partial charge < -0.3 is 9.84 Å². The van der Waals surface area contributed by atoms with E-state index < -0.39 is 15.8 Å². The van der Waals surface area contributed by atoms with Gasteiger partial charge in [-0.3, -0.25) is 4.79 Å². The van der Waals surface area contributed by atoms with Crippen molar-refractivity contribution < 1.29 is 23.1 Å². The predicted octanol–water partition coefficient (Wildman–Crippen LogP) is 2.69. The molecule has 0 bridgehead atoms. The van der Waals surface area contributed by atoms with Crippen LogP contribution in [0.3, 0.4) is 0 Å². The molecule has 1 N–H and O–H groups in total. The van der Waals surface area contributed by atoms with E-state index in [-0.39, 0.29) is 17.1 Å². The van der Waals surface area contributed by atoms with Crippen LogP contribution in [0.5, 0.6) is 0 Å². The molecule has 2 aromatic rings. The zero-order valence-electron chi connectivity index (χ0n) is 13.2. The van der Waals surface area contributed by atoms with Crippen molar-refractivity contribution in [3.63, 3.8) is 0 Å². The zero-order valence-corrected chi connectivity index (χ0v) is 14.0. The second kappa shape index (κ2) is 8.61. The third-order valence-electron chi connectivity index (χ3n) is 3.45. The van der Waals surface area contributed by atoms with Crippen molar-refractivity contribution in [1.29, 1.82) is 0 Å². The second-order valence-corrected chi connectivity index (χ2v) is 7.53. The van der Waals surface area contributed by atoms with Gasteiger partial charge in [0.15, 0.2) is 9.84 Å². The van der Waals surface area contributed by atoms with Gasteiger partial charge in [0.05, 0.1) is 23.7 Å². The molecule has 0 aliphatic heterocycles. The molecular weight excluding hydrogens is 328 g/mol. The molecule has 0 aliphatic rings. The summed E-state index contributed by atoms with van der Waals surface area (Å²) in [6.45, 7) is 0.829. The molecule has 128 valence electrons. The summed E-state index contributed by atoms with van der Waals surface area (Å²) in [7, 11) is -3.38. The van der Waals surface area contributed by atoms with E-state index in [2.05, 4.69) is 0 Å². The lowest BCUT2D eigenvalue weighted by Gasteiger charge is -2.07. The molecule has 0 amide bonds. The largest absolute Gasteiger partial charge is 0.481 e. The van der Waals surface area contributed by atoms with Crippen molar-refractivity contribution in [2.75, 3.05) is 12.4 Å². The average Bonchev–Trinajstić information content (AvgIpc) is 2.55. The Morgan fingerprint density at radius 1 is 0.958 bits per heavy atom. The Bertz CT molecular complexity index is 752. The Hall–Kier alpha value is -2.18. The summed E-state index contributed by atoms with van der Waals surface area (Å²) in [4.78, 5) is 10.8. The lowest BCUT2D eigenvalue weighted by Crippen LogP contribution is -2.10. The molecule has 5 nitrogen and oxygen atoms in total. The summed E-state index contributed by atoms with van der Waals surface area (Å²) in [6, 6.07) is 15.7. The minimum atomic E-state index is -3.38. The number of carboxylic acid groups (broad SMARTS) is 1. The Kier molecular flexibility index (Phi) is 6.52. The van der Waals surface area contributed by atoms with Gasteiger partial charge in [-0.25, -0.2) is 8.42 Å². The van der Waals surface area contributed by atoms with Gasteiger partial charge in [0, 0.05) is 6.61 Å². The lowest BCUT2D eigenvalue weighted by molar-refractivity contribution is -0.136.